The van der Waals surface area contributed by atoms with Gasteiger partial charge in [-0.2, -0.15) is 0 Å². The lowest BCUT2D eigenvalue weighted by Crippen LogP contribution is -2.29. The number of anilines is 2. The molecule has 2 heterocycles. The molecule has 144 valence electrons. The topological polar surface area (TPSA) is 45.2 Å². The summed E-state index contributed by atoms with van der Waals surface area (Å²) in [6.45, 7) is 3.98. The molecule has 0 bridgehead atoms. The standard InChI is InChI=1S/C22H22FN3OS/c1-15-5-7-16(8-6-15)19-20(21(27)24-18-11-9-17(23)10-12-18)28-22(25-19)26-13-3-2-4-14-26/h5-12H,2-4,13-14H2,1H3,(H,24,27). The third-order valence-corrected chi connectivity index (χ3v) is 5.99. The summed E-state index contributed by atoms with van der Waals surface area (Å²) in [7, 11) is 0. The van der Waals surface area contributed by atoms with Crippen LogP contribution < -0.4 is 10.2 Å². The predicted octanol–water partition coefficient (Wildman–Crippen LogP) is 5.50. The van der Waals surface area contributed by atoms with Gasteiger partial charge in [-0.1, -0.05) is 41.2 Å². The molecule has 0 spiro atoms. The minimum absolute atomic E-state index is 0.219. The maximum atomic E-state index is 13.1. The number of carbonyl (C=O) groups excluding carboxylic acids is 1. The van der Waals surface area contributed by atoms with Crippen LogP contribution in [0.15, 0.2) is 48.5 Å². The first-order valence-electron chi connectivity index (χ1n) is 9.50. The predicted molar refractivity (Wildman–Crippen MR) is 113 cm³/mol. The first kappa shape index (κ1) is 18.6. The van der Waals surface area contributed by atoms with Gasteiger partial charge in [0.05, 0.1) is 5.69 Å². The highest BCUT2D eigenvalue weighted by Gasteiger charge is 2.23. The van der Waals surface area contributed by atoms with Crippen molar-refractivity contribution in [1.82, 2.24) is 4.98 Å². The van der Waals surface area contributed by atoms with Gasteiger partial charge in [-0.05, 0) is 50.5 Å². The van der Waals surface area contributed by atoms with E-state index in [2.05, 4.69) is 10.2 Å². The van der Waals surface area contributed by atoms with E-state index in [-0.39, 0.29) is 11.7 Å². The quantitative estimate of drug-likeness (QED) is 0.634. The third kappa shape index (κ3) is 4.07. The molecule has 4 nitrogen and oxygen atoms in total. The van der Waals surface area contributed by atoms with Gasteiger partial charge < -0.3 is 10.2 Å². The molecular weight excluding hydrogens is 373 g/mol. The molecule has 0 saturated carbocycles. The van der Waals surface area contributed by atoms with Gasteiger partial charge in [0.15, 0.2) is 5.13 Å². The molecule has 4 rings (SSSR count). The number of nitrogens with zero attached hydrogens (tertiary/aromatic N) is 2. The first-order chi connectivity index (χ1) is 13.6. The van der Waals surface area contributed by atoms with Gasteiger partial charge in [0.25, 0.3) is 5.91 Å². The number of hydrogen-bond acceptors (Lipinski definition) is 4. The lowest BCUT2D eigenvalue weighted by Gasteiger charge is -2.25. The molecule has 28 heavy (non-hydrogen) atoms. The second-order valence-corrected chi connectivity index (χ2v) is 8.03. The number of piperidine rings is 1. The van der Waals surface area contributed by atoms with Crippen LogP contribution in [-0.4, -0.2) is 24.0 Å². The molecule has 6 heteroatoms. The molecule has 1 aliphatic rings. The lowest BCUT2D eigenvalue weighted by atomic mass is 10.1. The fraction of sp³-hybridized carbons (Fsp3) is 0.273. The van der Waals surface area contributed by atoms with Crippen LogP contribution in [0, 0.1) is 12.7 Å². The van der Waals surface area contributed by atoms with Crippen LogP contribution in [0.2, 0.25) is 0 Å². The Morgan fingerprint density at radius 2 is 1.71 bits per heavy atom. The van der Waals surface area contributed by atoms with Gasteiger partial charge in [0, 0.05) is 24.3 Å². The molecule has 0 atom stereocenters. The number of thiazole rings is 1. The average Bonchev–Trinajstić information content (AvgIpc) is 3.17. The van der Waals surface area contributed by atoms with Crippen molar-refractivity contribution in [3.8, 4) is 11.3 Å². The number of benzene rings is 2. The van der Waals surface area contributed by atoms with E-state index in [0.717, 1.165) is 42.2 Å². The van der Waals surface area contributed by atoms with Crippen LogP contribution in [-0.2, 0) is 0 Å². The Morgan fingerprint density at radius 3 is 2.39 bits per heavy atom. The van der Waals surface area contributed by atoms with Gasteiger partial charge in [-0.15, -0.1) is 0 Å². The molecule has 3 aromatic rings. The van der Waals surface area contributed by atoms with E-state index in [4.69, 9.17) is 4.98 Å². The molecule has 0 unspecified atom stereocenters. The van der Waals surface area contributed by atoms with Crippen LogP contribution in [0.4, 0.5) is 15.2 Å². The third-order valence-electron chi connectivity index (χ3n) is 4.88. The summed E-state index contributed by atoms with van der Waals surface area (Å²) >= 11 is 1.42. The number of nitrogens with one attached hydrogen (secondary N) is 1. The largest absolute Gasteiger partial charge is 0.348 e. The zero-order valence-corrected chi connectivity index (χ0v) is 16.6. The van der Waals surface area contributed by atoms with Gasteiger partial charge in [-0.3, -0.25) is 4.79 Å². The van der Waals surface area contributed by atoms with Crippen molar-refractivity contribution < 1.29 is 9.18 Å². The SMILES string of the molecule is Cc1ccc(-c2nc(N3CCCCC3)sc2C(=O)Nc2ccc(F)cc2)cc1. The minimum atomic E-state index is -0.330. The summed E-state index contributed by atoms with van der Waals surface area (Å²) in [6, 6.07) is 13.8. The number of halogens is 1. The molecule has 1 saturated heterocycles. The van der Waals surface area contributed by atoms with E-state index in [1.165, 1.54) is 29.9 Å². The molecule has 2 aromatic carbocycles. The maximum absolute atomic E-state index is 13.1. The highest BCUT2D eigenvalue weighted by atomic mass is 32.1. The molecule has 0 aliphatic carbocycles. The van der Waals surface area contributed by atoms with Crippen LogP contribution in [0.3, 0.4) is 0 Å². The van der Waals surface area contributed by atoms with Crippen LogP contribution in [0.25, 0.3) is 11.3 Å². The Balaban J connectivity index is 1.68. The van der Waals surface area contributed by atoms with E-state index >= 15 is 0 Å². The average molecular weight is 396 g/mol. The number of aromatic nitrogens is 1. The fourth-order valence-corrected chi connectivity index (χ4v) is 4.35. The van der Waals surface area contributed by atoms with Gasteiger partial charge in [0.1, 0.15) is 10.7 Å². The van der Waals surface area contributed by atoms with Crippen LogP contribution in [0.5, 0.6) is 0 Å². The van der Waals surface area contributed by atoms with Crippen molar-refractivity contribution in [1.29, 1.82) is 0 Å². The Kier molecular flexibility index (Phi) is 5.39. The summed E-state index contributed by atoms with van der Waals surface area (Å²) in [5, 5.41) is 3.76. The Labute approximate surface area is 168 Å². The van der Waals surface area contributed by atoms with E-state index in [9.17, 15) is 9.18 Å². The summed E-state index contributed by atoms with van der Waals surface area (Å²) in [5.41, 5.74) is 3.35. The van der Waals surface area contributed by atoms with Crippen molar-refractivity contribution in [3.05, 3.63) is 64.8 Å². The monoisotopic (exact) mass is 395 g/mol. The van der Waals surface area contributed by atoms with Crippen LogP contribution >= 0.6 is 11.3 Å². The highest BCUT2D eigenvalue weighted by Crippen LogP contribution is 2.35. The fourth-order valence-electron chi connectivity index (χ4n) is 3.31. The summed E-state index contributed by atoms with van der Waals surface area (Å²) in [6.07, 6.45) is 3.54. The Hall–Kier alpha value is -2.73. The van der Waals surface area contributed by atoms with Crippen LogP contribution in [0.1, 0.15) is 34.5 Å². The smallest absolute Gasteiger partial charge is 0.268 e. The molecule has 0 radical (unpaired) electrons. The number of hydrogen-bond donors (Lipinski definition) is 1. The summed E-state index contributed by atoms with van der Waals surface area (Å²) in [4.78, 5) is 20.7. The molecule has 1 fully saturated rings. The van der Waals surface area contributed by atoms with E-state index in [1.807, 2.05) is 31.2 Å². The maximum Gasteiger partial charge on any atom is 0.268 e. The molecule has 1 amide bonds. The molecular formula is C22H22FN3OS. The molecule has 1 N–H and O–H groups in total. The normalized spacial score (nSPS) is 14.1. The van der Waals surface area contributed by atoms with E-state index < -0.39 is 0 Å². The van der Waals surface area contributed by atoms with Crippen molar-refractivity contribution >= 4 is 28.1 Å². The van der Waals surface area contributed by atoms with Crippen molar-refractivity contribution in [2.45, 2.75) is 26.2 Å². The number of carbonyl (C=O) groups is 1. The number of amides is 1. The van der Waals surface area contributed by atoms with E-state index in [1.54, 1.807) is 12.1 Å². The first-order valence-corrected chi connectivity index (χ1v) is 10.3. The van der Waals surface area contributed by atoms with E-state index in [0.29, 0.717) is 16.3 Å². The van der Waals surface area contributed by atoms with Gasteiger partial charge >= 0.3 is 0 Å². The summed E-state index contributed by atoms with van der Waals surface area (Å²) < 4.78 is 13.1. The second-order valence-electron chi connectivity index (χ2n) is 7.05. The van der Waals surface area contributed by atoms with Gasteiger partial charge in [0.2, 0.25) is 0 Å². The number of rotatable bonds is 4. The van der Waals surface area contributed by atoms with Crippen molar-refractivity contribution in [3.63, 3.8) is 0 Å². The Morgan fingerprint density at radius 1 is 1.04 bits per heavy atom. The highest BCUT2D eigenvalue weighted by molar-refractivity contribution is 7.18. The number of aryl methyl sites for hydroxylation is 1. The lowest BCUT2D eigenvalue weighted by molar-refractivity contribution is 0.103. The van der Waals surface area contributed by atoms with Crippen molar-refractivity contribution in [2.75, 3.05) is 23.3 Å². The zero-order valence-electron chi connectivity index (χ0n) is 15.7. The molecule has 1 aromatic heterocycles. The summed E-state index contributed by atoms with van der Waals surface area (Å²) in [5.74, 6) is -0.550. The van der Waals surface area contributed by atoms with Gasteiger partial charge in [-0.25, -0.2) is 9.37 Å². The molecule has 1 aliphatic heterocycles. The zero-order chi connectivity index (χ0) is 19.5. The Bertz CT molecular complexity index is 960. The van der Waals surface area contributed by atoms with Crippen molar-refractivity contribution in [2.24, 2.45) is 0 Å². The minimum Gasteiger partial charge on any atom is -0.348 e. The second kappa shape index (κ2) is 8.10.